The summed E-state index contributed by atoms with van der Waals surface area (Å²) in [5, 5.41) is 11.3. The standard InChI is InChI=1S/C20H18FN7O2S/c1-12-3-2-4-15(9-12)29-10-17-27-28-20(30-17)31-11-16-24-18(22)26-19(25-16)23-14-7-5-13(21)6-8-14/h2-9H,10-11H2,1H3,(H3,22,23,24,25,26). The molecule has 31 heavy (non-hydrogen) atoms. The molecule has 0 atom stereocenters. The first kappa shape index (κ1) is 20.5. The first-order valence-electron chi connectivity index (χ1n) is 9.21. The lowest BCUT2D eigenvalue weighted by molar-refractivity contribution is 0.252. The molecule has 3 N–H and O–H groups in total. The fourth-order valence-corrected chi connectivity index (χ4v) is 3.19. The van der Waals surface area contributed by atoms with Crippen molar-refractivity contribution >= 4 is 29.3 Å². The summed E-state index contributed by atoms with van der Waals surface area (Å²) in [6.07, 6.45) is 0. The van der Waals surface area contributed by atoms with Gasteiger partial charge in [-0.15, -0.1) is 10.2 Å². The Morgan fingerprint density at radius 3 is 2.74 bits per heavy atom. The van der Waals surface area contributed by atoms with Crippen LogP contribution >= 0.6 is 11.8 Å². The average Bonchev–Trinajstić information content (AvgIpc) is 3.20. The van der Waals surface area contributed by atoms with E-state index in [9.17, 15) is 4.39 Å². The summed E-state index contributed by atoms with van der Waals surface area (Å²) < 4.78 is 24.3. The van der Waals surface area contributed by atoms with Crippen LogP contribution in [0.5, 0.6) is 5.75 Å². The quantitative estimate of drug-likeness (QED) is 0.390. The fourth-order valence-electron chi connectivity index (χ4n) is 2.55. The first-order chi connectivity index (χ1) is 15.0. The number of nitrogen functional groups attached to an aromatic ring is 1. The van der Waals surface area contributed by atoms with E-state index in [1.54, 1.807) is 12.1 Å². The number of aryl methyl sites for hydroxylation is 1. The third-order valence-electron chi connectivity index (χ3n) is 3.92. The average molecular weight is 439 g/mol. The van der Waals surface area contributed by atoms with Crippen LogP contribution in [0.15, 0.2) is 58.2 Å². The minimum absolute atomic E-state index is 0.0629. The molecule has 0 aliphatic carbocycles. The molecule has 4 aromatic rings. The fraction of sp³-hybridized carbons (Fsp3) is 0.150. The van der Waals surface area contributed by atoms with Crippen LogP contribution < -0.4 is 15.8 Å². The Labute approximate surface area is 181 Å². The number of nitrogens with zero attached hydrogens (tertiary/aromatic N) is 5. The topological polar surface area (TPSA) is 125 Å². The maximum Gasteiger partial charge on any atom is 0.277 e. The summed E-state index contributed by atoms with van der Waals surface area (Å²) in [6.45, 7) is 2.16. The Hall–Kier alpha value is -3.73. The van der Waals surface area contributed by atoms with Gasteiger partial charge in [-0.2, -0.15) is 15.0 Å². The number of ether oxygens (including phenoxy) is 1. The molecular weight excluding hydrogens is 421 g/mol. The summed E-state index contributed by atoms with van der Waals surface area (Å²) in [6, 6.07) is 13.5. The molecule has 9 nitrogen and oxygen atoms in total. The van der Waals surface area contributed by atoms with E-state index in [1.807, 2.05) is 31.2 Å². The van der Waals surface area contributed by atoms with Gasteiger partial charge >= 0.3 is 0 Å². The number of hydrogen-bond acceptors (Lipinski definition) is 10. The highest BCUT2D eigenvalue weighted by Gasteiger charge is 2.11. The van der Waals surface area contributed by atoms with E-state index in [0.29, 0.717) is 28.4 Å². The zero-order chi connectivity index (χ0) is 21.6. The van der Waals surface area contributed by atoms with Crippen LogP contribution in [-0.2, 0) is 12.4 Å². The van der Waals surface area contributed by atoms with Crippen LogP contribution in [0.2, 0.25) is 0 Å². The Kier molecular flexibility index (Phi) is 6.22. The molecule has 0 saturated heterocycles. The normalized spacial score (nSPS) is 10.8. The SMILES string of the molecule is Cc1cccc(OCc2nnc(SCc3nc(N)nc(Nc4ccc(F)cc4)n3)o2)c1. The van der Waals surface area contributed by atoms with Gasteiger partial charge in [0.05, 0.1) is 5.75 Å². The Bertz CT molecular complexity index is 1170. The number of halogens is 1. The molecule has 0 aliphatic heterocycles. The maximum atomic E-state index is 13.0. The second-order valence-corrected chi connectivity index (χ2v) is 7.35. The van der Waals surface area contributed by atoms with E-state index in [2.05, 4.69) is 30.5 Å². The lowest BCUT2D eigenvalue weighted by atomic mass is 10.2. The molecule has 0 saturated carbocycles. The van der Waals surface area contributed by atoms with E-state index >= 15 is 0 Å². The third kappa shape index (κ3) is 5.89. The van der Waals surface area contributed by atoms with Crippen molar-refractivity contribution in [3.05, 3.63) is 71.6 Å². The Morgan fingerprint density at radius 2 is 1.94 bits per heavy atom. The number of nitrogens with one attached hydrogen (secondary N) is 1. The number of nitrogens with two attached hydrogens (primary N) is 1. The van der Waals surface area contributed by atoms with Gasteiger partial charge in [-0.1, -0.05) is 23.9 Å². The number of thioether (sulfide) groups is 1. The molecule has 0 radical (unpaired) electrons. The zero-order valence-corrected chi connectivity index (χ0v) is 17.3. The van der Waals surface area contributed by atoms with Crippen molar-refractivity contribution in [1.29, 1.82) is 0 Å². The highest BCUT2D eigenvalue weighted by atomic mass is 32.2. The predicted molar refractivity (Wildman–Crippen MR) is 113 cm³/mol. The van der Waals surface area contributed by atoms with E-state index in [0.717, 1.165) is 11.3 Å². The minimum Gasteiger partial charge on any atom is -0.484 e. The molecule has 0 spiro atoms. The second kappa shape index (κ2) is 9.39. The minimum atomic E-state index is -0.332. The van der Waals surface area contributed by atoms with Crippen molar-refractivity contribution in [3.8, 4) is 5.75 Å². The molecule has 0 bridgehead atoms. The molecule has 0 fully saturated rings. The van der Waals surface area contributed by atoms with E-state index in [1.165, 1.54) is 23.9 Å². The molecule has 2 heterocycles. The summed E-state index contributed by atoms with van der Waals surface area (Å²) >= 11 is 1.26. The lowest BCUT2D eigenvalue weighted by Crippen LogP contribution is -2.06. The summed E-state index contributed by atoms with van der Waals surface area (Å²) in [5.41, 5.74) is 7.50. The van der Waals surface area contributed by atoms with Gasteiger partial charge in [0.2, 0.25) is 11.9 Å². The Morgan fingerprint density at radius 1 is 1.10 bits per heavy atom. The zero-order valence-electron chi connectivity index (χ0n) is 16.4. The first-order valence-corrected chi connectivity index (χ1v) is 10.2. The van der Waals surface area contributed by atoms with Crippen LogP contribution in [0.4, 0.5) is 22.0 Å². The monoisotopic (exact) mass is 439 g/mol. The number of hydrogen-bond donors (Lipinski definition) is 2. The smallest absolute Gasteiger partial charge is 0.277 e. The van der Waals surface area contributed by atoms with E-state index in [4.69, 9.17) is 14.9 Å². The van der Waals surface area contributed by atoms with Gasteiger partial charge in [-0.05, 0) is 48.9 Å². The van der Waals surface area contributed by atoms with E-state index in [-0.39, 0.29) is 24.3 Å². The van der Waals surface area contributed by atoms with Crippen LogP contribution in [0.3, 0.4) is 0 Å². The van der Waals surface area contributed by atoms with Gasteiger partial charge in [0.15, 0.2) is 6.61 Å². The third-order valence-corrected chi connectivity index (χ3v) is 4.74. The van der Waals surface area contributed by atoms with Crippen molar-refractivity contribution in [2.75, 3.05) is 11.1 Å². The summed E-state index contributed by atoms with van der Waals surface area (Å²) in [7, 11) is 0. The van der Waals surface area contributed by atoms with Crippen molar-refractivity contribution in [1.82, 2.24) is 25.1 Å². The molecule has 2 aromatic heterocycles. The number of rotatable bonds is 8. The van der Waals surface area contributed by atoms with Gasteiger partial charge < -0.3 is 20.2 Å². The lowest BCUT2D eigenvalue weighted by Gasteiger charge is -2.06. The summed E-state index contributed by atoms with van der Waals surface area (Å²) in [4.78, 5) is 12.5. The molecule has 4 rings (SSSR count). The van der Waals surface area contributed by atoms with Crippen LogP contribution in [0.25, 0.3) is 0 Å². The molecule has 0 amide bonds. The number of aromatic nitrogens is 5. The van der Waals surface area contributed by atoms with Crippen molar-refractivity contribution in [2.45, 2.75) is 24.5 Å². The molecular formula is C20H18FN7O2S. The van der Waals surface area contributed by atoms with E-state index < -0.39 is 0 Å². The molecule has 11 heteroatoms. The maximum absolute atomic E-state index is 13.0. The molecule has 0 unspecified atom stereocenters. The highest BCUT2D eigenvalue weighted by molar-refractivity contribution is 7.98. The molecule has 0 aliphatic rings. The van der Waals surface area contributed by atoms with Gasteiger partial charge in [0, 0.05) is 5.69 Å². The van der Waals surface area contributed by atoms with Crippen LogP contribution in [0, 0.1) is 12.7 Å². The second-order valence-electron chi connectivity index (χ2n) is 6.42. The van der Waals surface area contributed by atoms with Gasteiger partial charge in [0.1, 0.15) is 17.4 Å². The van der Waals surface area contributed by atoms with Gasteiger partial charge in [0.25, 0.3) is 11.1 Å². The highest BCUT2D eigenvalue weighted by Crippen LogP contribution is 2.22. The van der Waals surface area contributed by atoms with Crippen molar-refractivity contribution in [3.63, 3.8) is 0 Å². The number of benzene rings is 2. The predicted octanol–water partition coefficient (Wildman–Crippen LogP) is 3.90. The van der Waals surface area contributed by atoms with Crippen molar-refractivity contribution in [2.24, 2.45) is 0 Å². The molecule has 2 aromatic carbocycles. The molecule has 158 valence electrons. The largest absolute Gasteiger partial charge is 0.484 e. The van der Waals surface area contributed by atoms with Crippen LogP contribution in [0.1, 0.15) is 17.3 Å². The summed E-state index contributed by atoms with van der Waals surface area (Å²) in [5.74, 6) is 1.84. The van der Waals surface area contributed by atoms with Gasteiger partial charge in [-0.25, -0.2) is 4.39 Å². The Balaban J connectivity index is 1.34. The van der Waals surface area contributed by atoms with Crippen LogP contribution in [-0.4, -0.2) is 25.1 Å². The van der Waals surface area contributed by atoms with Gasteiger partial charge in [-0.3, -0.25) is 0 Å². The number of anilines is 3. The van der Waals surface area contributed by atoms with Crippen molar-refractivity contribution < 1.29 is 13.5 Å².